The maximum atomic E-state index is 12.3. The Labute approximate surface area is 291 Å². The first-order valence-electron chi connectivity index (χ1n) is 16.1. The van der Waals surface area contributed by atoms with Crippen molar-refractivity contribution in [3.8, 4) is 0 Å². The van der Waals surface area contributed by atoms with Gasteiger partial charge in [-0.1, -0.05) is 5.11 Å². The number of nitrogens with one attached hydrogen (secondary N) is 3. The van der Waals surface area contributed by atoms with E-state index in [0.29, 0.717) is 99.0 Å². The average Bonchev–Trinajstić information content (AvgIpc) is 3.07. The molecule has 0 aliphatic heterocycles. The van der Waals surface area contributed by atoms with Gasteiger partial charge in [0.25, 0.3) is 0 Å². The van der Waals surface area contributed by atoms with Gasteiger partial charge in [0, 0.05) is 17.9 Å². The predicted molar refractivity (Wildman–Crippen MR) is 174 cm³/mol. The van der Waals surface area contributed by atoms with E-state index < -0.39 is 54.1 Å². The van der Waals surface area contributed by atoms with Crippen molar-refractivity contribution < 1.29 is 67.0 Å². The molecule has 21 heteroatoms. The Bertz CT molecular complexity index is 1000. The Hall–Kier alpha value is -3.66. The number of primary amides is 1. The molecular formula is C29H53N7O14. The lowest BCUT2D eigenvalue weighted by molar-refractivity contribution is -0.143. The van der Waals surface area contributed by atoms with Gasteiger partial charge in [0.2, 0.25) is 23.6 Å². The third kappa shape index (κ3) is 29.3. The number of carbonyl (C=O) groups is 5. The third-order valence-corrected chi connectivity index (χ3v) is 6.02. The number of ether oxygens (including phenoxy) is 8. The fourth-order valence-corrected chi connectivity index (χ4v) is 3.44. The van der Waals surface area contributed by atoms with Crippen LogP contribution in [0.15, 0.2) is 5.11 Å². The number of hydrogen-bond acceptors (Lipinski definition) is 14. The number of azide groups is 1. The molecule has 0 unspecified atom stereocenters. The zero-order valence-corrected chi connectivity index (χ0v) is 28.8. The van der Waals surface area contributed by atoms with Crippen LogP contribution in [0, 0.1) is 0 Å². The summed E-state index contributed by atoms with van der Waals surface area (Å²) in [6.45, 7) is 9.13. The van der Waals surface area contributed by atoms with Crippen molar-refractivity contribution in [2.75, 3.05) is 112 Å². The average molecular weight is 724 g/mol. The molecule has 0 aromatic heterocycles. The summed E-state index contributed by atoms with van der Waals surface area (Å²) in [6.07, 6.45) is -0.620. The molecule has 50 heavy (non-hydrogen) atoms. The fourth-order valence-electron chi connectivity index (χ4n) is 3.44. The number of rotatable bonds is 35. The number of carboxylic acid groups (broad SMARTS) is 1. The molecule has 0 saturated heterocycles. The highest BCUT2D eigenvalue weighted by Gasteiger charge is 2.26. The van der Waals surface area contributed by atoms with Crippen LogP contribution in [0.25, 0.3) is 10.4 Å². The molecule has 6 N–H and O–H groups in total. The van der Waals surface area contributed by atoms with Crippen LogP contribution in [0.5, 0.6) is 0 Å². The summed E-state index contributed by atoms with van der Waals surface area (Å²) >= 11 is 0. The highest BCUT2D eigenvalue weighted by molar-refractivity contribution is 5.94. The van der Waals surface area contributed by atoms with Crippen LogP contribution in [0.3, 0.4) is 0 Å². The minimum Gasteiger partial charge on any atom is -0.480 e. The Morgan fingerprint density at radius 1 is 0.620 bits per heavy atom. The molecule has 3 atom stereocenters. The van der Waals surface area contributed by atoms with Gasteiger partial charge in [0.1, 0.15) is 18.1 Å². The zero-order chi connectivity index (χ0) is 37.2. The number of hydrogen-bond donors (Lipinski definition) is 5. The molecule has 0 heterocycles. The van der Waals surface area contributed by atoms with E-state index in [4.69, 9.17) is 54.3 Å². The van der Waals surface area contributed by atoms with Gasteiger partial charge < -0.3 is 64.7 Å². The lowest BCUT2D eigenvalue weighted by atomic mass is 10.1. The Kier molecular flexibility index (Phi) is 30.2. The van der Waals surface area contributed by atoms with E-state index in [2.05, 4.69) is 26.0 Å². The maximum Gasteiger partial charge on any atom is 0.326 e. The molecule has 0 bridgehead atoms. The monoisotopic (exact) mass is 723 g/mol. The Morgan fingerprint density at radius 3 is 1.36 bits per heavy atom. The smallest absolute Gasteiger partial charge is 0.326 e. The minimum atomic E-state index is -1.53. The van der Waals surface area contributed by atoms with Crippen molar-refractivity contribution in [3.05, 3.63) is 10.4 Å². The van der Waals surface area contributed by atoms with Crippen LogP contribution < -0.4 is 21.7 Å². The first-order valence-corrected chi connectivity index (χ1v) is 16.1. The number of carbonyl (C=O) groups excluding carboxylic acids is 4. The van der Waals surface area contributed by atoms with Crippen LogP contribution in [-0.2, 0) is 61.9 Å². The van der Waals surface area contributed by atoms with Crippen LogP contribution in [0.1, 0.15) is 26.7 Å². The zero-order valence-electron chi connectivity index (χ0n) is 28.8. The van der Waals surface area contributed by atoms with E-state index in [1.807, 2.05) is 0 Å². The number of nitrogens with two attached hydrogens (primary N) is 1. The molecule has 4 amide bonds. The number of nitrogens with zero attached hydrogens (tertiary/aromatic N) is 3. The van der Waals surface area contributed by atoms with Crippen molar-refractivity contribution in [2.24, 2.45) is 10.8 Å². The van der Waals surface area contributed by atoms with Crippen LogP contribution in [0.4, 0.5) is 0 Å². The lowest BCUT2D eigenvalue weighted by Crippen LogP contribution is -2.54. The first kappa shape index (κ1) is 46.3. The molecule has 0 aromatic rings. The summed E-state index contributed by atoms with van der Waals surface area (Å²) in [7, 11) is 0. The largest absolute Gasteiger partial charge is 0.480 e. The van der Waals surface area contributed by atoms with Crippen LogP contribution >= 0.6 is 0 Å². The number of amides is 4. The second-order valence-electron chi connectivity index (χ2n) is 10.2. The number of carboxylic acids is 1. The van der Waals surface area contributed by atoms with Crippen molar-refractivity contribution in [1.29, 1.82) is 0 Å². The quantitative estimate of drug-likeness (QED) is 0.0210. The second kappa shape index (κ2) is 32.5. The Balaban J connectivity index is 3.57. The highest BCUT2D eigenvalue weighted by atomic mass is 16.6. The second-order valence-corrected chi connectivity index (χ2v) is 10.2. The van der Waals surface area contributed by atoms with E-state index >= 15 is 0 Å². The third-order valence-electron chi connectivity index (χ3n) is 6.02. The molecule has 0 radical (unpaired) electrons. The van der Waals surface area contributed by atoms with Gasteiger partial charge in [-0.3, -0.25) is 19.2 Å². The molecule has 0 aliphatic rings. The summed E-state index contributed by atoms with van der Waals surface area (Å²) in [6, 6.07) is -3.65. The molecule has 0 fully saturated rings. The van der Waals surface area contributed by atoms with Gasteiger partial charge in [-0.25, -0.2) is 4.79 Å². The standard InChI is InChI=1S/C29H53N7O14/c1-22(27(39)34-23(2)28(40)35-24(29(41)42)21-25(30)37)33-26(38)3-5-43-7-9-45-11-13-47-15-17-49-19-20-50-18-16-48-14-12-46-10-8-44-6-4-32-36-31/h22-24H,3-21H2,1-2H3,(H2,30,37)(H,33,38)(H,34,39)(H,35,40)(H,41,42)/t22-,23-,24-/m0/s1. The van der Waals surface area contributed by atoms with Gasteiger partial charge in [-0.15, -0.1) is 0 Å². The molecule has 0 saturated carbocycles. The molecular weight excluding hydrogens is 670 g/mol. The van der Waals surface area contributed by atoms with Crippen LogP contribution in [-0.4, -0.2) is 165 Å². The molecule has 0 spiro atoms. The minimum absolute atomic E-state index is 0.0144. The van der Waals surface area contributed by atoms with E-state index in [-0.39, 0.29) is 19.6 Å². The molecule has 21 nitrogen and oxygen atoms in total. The highest BCUT2D eigenvalue weighted by Crippen LogP contribution is 1.96. The van der Waals surface area contributed by atoms with Crippen molar-refractivity contribution in [2.45, 2.75) is 44.8 Å². The summed E-state index contributed by atoms with van der Waals surface area (Å²) in [4.78, 5) is 61.3. The fraction of sp³-hybridized carbons (Fsp3) is 0.828. The maximum absolute atomic E-state index is 12.3. The van der Waals surface area contributed by atoms with Gasteiger partial charge in [-0.2, -0.15) is 0 Å². The molecule has 0 aromatic carbocycles. The van der Waals surface area contributed by atoms with Crippen molar-refractivity contribution >= 4 is 29.6 Å². The van der Waals surface area contributed by atoms with Gasteiger partial charge in [-0.05, 0) is 19.4 Å². The summed E-state index contributed by atoms with van der Waals surface area (Å²) in [5.41, 5.74) is 13.1. The molecule has 0 rings (SSSR count). The molecule has 0 aliphatic carbocycles. The summed E-state index contributed by atoms with van der Waals surface area (Å²) < 4.78 is 42.9. The van der Waals surface area contributed by atoms with Crippen molar-refractivity contribution in [3.63, 3.8) is 0 Å². The lowest BCUT2D eigenvalue weighted by Gasteiger charge is -2.20. The first-order chi connectivity index (χ1) is 24.1. The predicted octanol–water partition coefficient (Wildman–Crippen LogP) is -1.73. The topological polar surface area (TPSA) is 290 Å². The van der Waals surface area contributed by atoms with E-state index in [1.165, 1.54) is 13.8 Å². The van der Waals surface area contributed by atoms with E-state index in [9.17, 15) is 24.0 Å². The van der Waals surface area contributed by atoms with Crippen LogP contribution in [0.2, 0.25) is 0 Å². The van der Waals surface area contributed by atoms with Gasteiger partial charge in [0.15, 0.2) is 0 Å². The van der Waals surface area contributed by atoms with E-state index in [0.717, 1.165) is 0 Å². The molecule has 288 valence electrons. The normalized spacial score (nSPS) is 12.7. The van der Waals surface area contributed by atoms with E-state index in [1.54, 1.807) is 0 Å². The number of aliphatic carboxylic acids is 1. The van der Waals surface area contributed by atoms with Crippen molar-refractivity contribution in [1.82, 2.24) is 16.0 Å². The summed E-state index contributed by atoms with van der Waals surface area (Å²) in [5.74, 6) is -4.32. The van der Waals surface area contributed by atoms with Gasteiger partial charge in [0.05, 0.1) is 112 Å². The Morgan fingerprint density at radius 2 is 0.980 bits per heavy atom. The summed E-state index contributed by atoms with van der Waals surface area (Å²) in [5, 5.41) is 19.4. The SMILES string of the molecule is C[C@H](NC(=O)CCOCCOCCOCCOCCOCCOCCOCCOCCN=[N+]=[N-])C(=O)N[C@@H](C)C(=O)N[C@@H](CC(N)=O)C(=O)O. The van der Waals surface area contributed by atoms with Gasteiger partial charge >= 0.3 is 5.97 Å².